The van der Waals surface area contributed by atoms with E-state index < -0.39 is 10.0 Å². The quantitative estimate of drug-likeness (QED) is 0.833. The Labute approximate surface area is 132 Å². The summed E-state index contributed by atoms with van der Waals surface area (Å²) in [6, 6.07) is 4.42. The number of benzene rings is 1. The number of sulfonamides is 1. The first kappa shape index (κ1) is 18.4. The van der Waals surface area contributed by atoms with E-state index in [1.54, 1.807) is 0 Å². The summed E-state index contributed by atoms with van der Waals surface area (Å²) in [5.41, 5.74) is 0.360. The molecule has 0 bridgehead atoms. The fourth-order valence-electron chi connectivity index (χ4n) is 1.98. The molecule has 22 heavy (non-hydrogen) atoms. The second kappa shape index (κ2) is 7.60. The fraction of sp³-hybridized carbons (Fsp3) is 0.533. The lowest BCUT2D eigenvalue weighted by Crippen LogP contribution is -2.23. The number of hydrogen-bond donors (Lipinski definition) is 1. The molecule has 0 aliphatic heterocycles. The van der Waals surface area contributed by atoms with Crippen molar-refractivity contribution in [2.45, 2.75) is 31.6 Å². The number of carbonyl (C=O) groups excluding carboxylic acids is 1. The third-order valence-corrected chi connectivity index (χ3v) is 5.19. The predicted octanol–water partition coefficient (Wildman–Crippen LogP) is 2.32. The summed E-state index contributed by atoms with van der Waals surface area (Å²) in [5.74, 6) is 0.123. The molecule has 0 radical (unpaired) electrons. The molecule has 0 heterocycles. The van der Waals surface area contributed by atoms with E-state index >= 15 is 0 Å². The van der Waals surface area contributed by atoms with Crippen molar-refractivity contribution in [2.75, 3.05) is 26.5 Å². The van der Waals surface area contributed by atoms with Gasteiger partial charge in [0, 0.05) is 20.0 Å². The van der Waals surface area contributed by atoms with Crippen molar-refractivity contribution < 1.29 is 17.9 Å². The van der Waals surface area contributed by atoms with Gasteiger partial charge in [-0.15, -0.1) is 0 Å². The number of nitrogens with zero attached hydrogens (tertiary/aromatic N) is 1. The molecule has 1 atom stereocenters. The number of nitrogens with one attached hydrogen (secondary N) is 1. The number of ether oxygens (including phenoxy) is 1. The number of carbonyl (C=O) groups is 1. The van der Waals surface area contributed by atoms with E-state index in [0.29, 0.717) is 11.4 Å². The Morgan fingerprint density at radius 1 is 1.36 bits per heavy atom. The molecule has 0 aliphatic carbocycles. The average Bonchev–Trinajstić information content (AvgIpc) is 2.47. The monoisotopic (exact) mass is 328 g/mol. The van der Waals surface area contributed by atoms with Gasteiger partial charge in [0.05, 0.1) is 17.7 Å². The first-order valence-corrected chi connectivity index (χ1v) is 8.59. The average molecular weight is 328 g/mol. The minimum Gasteiger partial charge on any atom is -0.495 e. The third-order valence-electron chi connectivity index (χ3n) is 3.38. The van der Waals surface area contributed by atoms with Gasteiger partial charge in [-0.3, -0.25) is 4.79 Å². The van der Waals surface area contributed by atoms with Crippen LogP contribution in [0.5, 0.6) is 5.75 Å². The van der Waals surface area contributed by atoms with Crippen molar-refractivity contribution in [3.63, 3.8) is 0 Å². The summed E-state index contributed by atoms with van der Waals surface area (Å²) in [6.07, 6.45) is 1.67. The van der Waals surface area contributed by atoms with Crippen LogP contribution in [0.25, 0.3) is 0 Å². The lowest BCUT2D eigenvalue weighted by molar-refractivity contribution is -0.119. The van der Waals surface area contributed by atoms with Crippen LogP contribution in [-0.2, 0) is 14.8 Å². The van der Waals surface area contributed by atoms with Crippen molar-refractivity contribution in [1.29, 1.82) is 0 Å². The van der Waals surface area contributed by atoms with E-state index in [1.807, 2.05) is 13.8 Å². The van der Waals surface area contributed by atoms with Gasteiger partial charge < -0.3 is 10.1 Å². The summed E-state index contributed by atoms with van der Waals surface area (Å²) < 4.78 is 30.7. The highest BCUT2D eigenvalue weighted by Crippen LogP contribution is 2.29. The summed E-state index contributed by atoms with van der Waals surface area (Å²) >= 11 is 0. The molecule has 0 saturated carbocycles. The molecular formula is C15H24N2O4S. The molecule has 1 amide bonds. The van der Waals surface area contributed by atoms with Crippen LogP contribution in [0.2, 0.25) is 0 Å². The van der Waals surface area contributed by atoms with Crippen LogP contribution in [0.3, 0.4) is 0 Å². The van der Waals surface area contributed by atoms with Gasteiger partial charge >= 0.3 is 0 Å². The molecule has 1 rings (SSSR count). The van der Waals surface area contributed by atoms with Crippen LogP contribution in [0, 0.1) is 5.92 Å². The van der Waals surface area contributed by atoms with E-state index in [4.69, 9.17) is 4.74 Å². The molecule has 0 unspecified atom stereocenters. The highest BCUT2D eigenvalue weighted by molar-refractivity contribution is 7.89. The van der Waals surface area contributed by atoms with E-state index in [0.717, 1.165) is 17.1 Å². The van der Waals surface area contributed by atoms with Gasteiger partial charge in [0.15, 0.2) is 0 Å². The second-order valence-electron chi connectivity index (χ2n) is 5.33. The molecule has 0 fully saturated rings. The van der Waals surface area contributed by atoms with Gasteiger partial charge in [-0.1, -0.05) is 20.3 Å². The molecule has 0 spiro atoms. The van der Waals surface area contributed by atoms with E-state index in [2.05, 4.69) is 5.32 Å². The van der Waals surface area contributed by atoms with E-state index in [9.17, 15) is 13.2 Å². The molecule has 1 N–H and O–H groups in total. The number of amides is 1. The maximum Gasteiger partial charge on any atom is 0.242 e. The zero-order valence-electron chi connectivity index (χ0n) is 13.7. The van der Waals surface area contributed by atoms with E-state index in [1.165, 1.54) is 39.4 Å². The van der Waals surface area contributed by atoms with Gasteiger partial charge in [0.2, 0.25) is 15.9 Å². The summed E-state index contributed by atoms with van der Waals surface area (Å²) in [4.78, 5) is 12.2. The Kier molecular flexibility index (Phi) is 6.37. The Hall–Kier alpha value is -1.60. The Balaban J connectivity index is 3.15. The van der Waals surface area contributed by atoms with Gasteiger partial charge in [-0.05, 0) is 24.6 Å². The summed E-state index contributed by atoms with van der Waals surface area (Å²) in [6.45, 7) is 3.85. The third kappa shape index (κ3) is 4.20. The first-order chi connectivity index (χ1) is 10.2. The maximum absolute atomic E-state index is 12.2. The van der Waals surface area contributed by atoms with Crippen LogP contribution in [-0.4, -0.2) is 39.8 Å². The number of rotatable bonds is 7. The minimum atomic E-state index is -3.56. The zero-order chi connectivity index (χ0) is 16.9. The maximum atomic E-state index is 12.2. The van der Waals surface area contributed by atoms with Crippen molar-refractivity contribution in [3.05, 3.63) is 18.2 Å². The largest absolute Gasteiger partial charge is 0.495 e. The normalized spacial score (nSPS) is 13.0. The van der Waals surface area contributed by atoms with Crippen LogP contribution >= 0.6 is 0 Å². The molecule has 1 aromatic rings. The van der Waals surface area contributed by atoms with Gasteiger partial charge in [-0.2, -0.15) is 0 Å². The molecular weight excluding hydrogens is 304 g/mol. The van der Waals surface area contributed by atoms with Gasteiger partial charge in [0.1, 0.15) is 5.75 Å². The number of anilines is 1. The molecule has 0 saturated heterocycles. The van der Waals surface area contributed by atoms with Crippen LogP contribution in [0.1, 0.15) is 26.7 Å². The lowest BCUT2D eigenvalue weighted by atomic mass is 10.1. The molecule has 0 aliphatic rings. The molecule has 1 aromatic carbocycles. The van der Waals surface area contributed by atoms with Crippen molar-refractivity contribution in [2.24, 2.45) is 5.92 Å². The predicted molar refractivity (Wildman–Crippen MR) is 86.6 cm³/mol. The van der Waals surface area contributed by atoms with Crippen LogP contribution in [0.4, 0.5) is 5.69 Å². The highest BCUT2D eigenvalue weighted by atomic mass is 32.2. The van der Waals surface area contributed by atoms with Crippen molar-refractivity contribution in [1.82, 2.24) is 4.31 Å². The Bertz CT molecular complexity index is 626. The van der Waals surface area contributed by atoms with Crippen LogP contribution < -0.4 is 10.1 Å². The standard InChI is InChI=1S/C15H24N2O4S/c1-6-7-11(2)15(18)16-13-10-12(8-9-14(13)21-5)22(19,20)17(3)4/h8-11H,6-7H2,1-5H3,(H,16,18)/t11-/m0/s1. The van der Waals surface area contributed by atoms with E-state index in [-0.39, 0.29) is 16.7 Å². The summed E-state index contributed by atoms with van der Waals surface area (Å²) in [7, 11) is 0.828. The topological polar surface area (TPSA) is 75.7 Å². The summed E-state index contributed by atoms with van der Waals surface area (Å²) in [5, 5.41) is 2.75. The fourth-order valence-corrected chi connectivity index (χ4v) is 2.90. The minimum absolute atomic E-state index is 0.108. The Morgan fingerprint density at radius 2 is 2.00 bits per heavy atom. The lowest BCUT2D eigenvalue weighted by Gasteiger charge is -2.16. The number of methoxy groups -OCH3 is 1. The van der Waals surface area contributed by atoms with Crippen molar-refractivity contribution >= 4 is 21.6 Å². The zero-order valence-corrected chi connectivity index (χ0v) is 14.5. The highest BCUT2D eigenvalue weighted by Gasteiger charge is 2.20. The first-order valence-electron chi connectivity index (χ1n) is 7.15. The number of hydrogen-bond acceptors (Lipinski definition) is 4. The smallest absolute Gasteiger partial charge is 0.242 e. The van der Waals surface area contributed by atoms with Gasteiger partial charge in [0.25, 0.3) is 0 Å². The van der Waals surface area contributed by atoms with Crippen LogP contribution in [0.15, 0.2) is 23.1 Å². The van der Waals surface area contributed by atoms with Gasteiger partial charge in [-0.25, -0.2) is 12.7 Å². The molecule has 124 valence electrons. The molecule has 7 heteroatoms. The SMILES string of the molecule is CCC[C@H](C)C(=O)Nc1cc(S(=O)(=O)N(C)C)ccc1OC. The second-order valence-corrected chi connectivity index (χ2v) is 7.48. The molecule has 6 nitrogen and oxygen atoms in total. The van der Waals surface area contributed by atoms with Crippen molar-refractivity contribution in [3.8, 4) is 5.75 Å². The molecule has 0 aromatic heterocycles. The Morgan fingerprint density at radius 3 is 2.50 bits per heavy atom.